The number of amides is 1. The highest BCUT2D eigenvalue weighted by atomic mass is 32.1. The van der Waals surface area contributed by atoms with E-state index in [0.717, 1.165) is 11.1 Å². The number of aryl methyl sites for hydroxylation is 2. The van der Waals surface area contributed by atoms with Gasteiger partial charge in [0.25, 0.3) is 11.6 Å². The molecule has 0 bridgehead atoms. The molecule has 0 saturated carbocycles. The third-order valence-electron chi connectivity index (χ3n) is 3.41. The minimum absolute atomic E-state index is 0.0453. The number of thiazole rings is 1. The molecule has 3 aromatic rings. The van der Waals surface area contributed by atoms with Crippen LogP contribution in [0, 0.1) is 24.0 Å². The molecule has 1 aromatic carbocycles. The zero-order valence-electron chi connectivity index (χ0n) is 12.9. The monoisotopic (exact) mass is 359 g/mol. The summed E-state index contributed by atoms with van der Waals surface area (Å²) in [4.78, 5) is 27.8. The summed E-state index contributed by atoms with van der Waals surface area (Å²) in [5, 5.41) is 17.2. The summed E-state index contributed by atoms with van der Waals surface area (Å²) in [6, 6.07) is 7.18. The molecule has 6 nitrogen and oxygen atoms in total. The molecule has 0 saturated heterocycles. The smallest absolute Gasteiger partial charge is 0.280 e. The fourth-order valence-electron chi connectivity index (χ4n) is 2.15. The highest BCUT2D eigenvalue weighted by molar-refractivity contribution is 7.16. The second-order valence-corrected chi connectivity index (χ2v) is 7.01. The Morgan fingerprint density at radius 3 is 2.71 bits per heavy atom. The number of nitrogens with zero attached hydrogens (tertiary/aromatic N) is 2. The fourth-order valence-corrected chi connectivity index (χ4v) is 3.74. The van der Waals surface area contributed by atoms with Gasteiger partial charge in [-0.2, -0.15) is 0 Å². The number of carbonyl (C=O) groups excluding carboxylic acids is 1. The van der Waals surface area contributed by atoms with Gasteiger partial charge in [-0.1, -0.05) is 17.7 Å². The van der Waals surface area contributed by atoms with Crippen molar-refractivity contribution < 1.29 is 9.72 Å². The minimum Gasteiger partial charge on any atom is -0.298 e. The van der Waals surface area contributed by atoms with Crippen LogP contribution < -0.4 is 5.32 Å². The molecule has 3 rings (SSSR count). The average molecular weight is 359 g/mol. The predicted octanol–water partition coefficient (Wildman–Crippen LogP) is 4.65. The van der Waals surface area contributed by atoms with Gasteiger partial charge in [-0.25, -0.2) is 4.98 Å². The van der Waals surface area contributed by atoms with E-state index >= 15 is 0 Å². The van der Waals surface area contributed by atoms with Crippen molar-refractivity contribution in [2.45, 2.75) is 13.8 Å². The number of thiophene rings is 1. The summed E-state index contributed by atoms with van der Waals surface area (Å²) >= 11 is 2.54. The SMILES string of the molecule is Cc1ccc(C)c(C(=O)Nc2nc(-c3cc([N+](=O)[O-])cs3)cs2)c1. The van der Waals surface area contributed by atoms with Gasteiger partial charge in [-0.15, -0.1) is 22.7 Å². The van der Waals surface area contributed by atoms with E-state index in [4.69, 9.17) is 0 Å². The number of aromatic nitrogens is 1. The van der Waals surface area contributed by atoms with E-state index in [2.05, 4.69) is 10.3 Å². The number of nitro groups is 1. The molecule has 2 heterocycles. The topological polar surface area (TPSA) is 85.1 Å². The second-order valence-electron chi connectivity index (χ2n) is 5.24. The Balaban J connectivity index is 1.79. The summed E-state index contributed by atoms with van der Waals surface area (Å²) in [6.45, 7) is 3.81. The van der Waals surface area contributed by atoms with Gasteiger partial charge >= 0.3 is 0 Å². The number of nitrogens with one attached hydrogen (secondary N) is 1. The maximum Gasteiger partial charge on any atom is 0.280 e. The Kier molecular flexibility index (Phi) is 4.41. The molecule has 0 aliphatic carbocycles. The third kappa shape index (κ3) is 3.34. The van der Waals surface area contributed by atoms with Crippen LogP contribution in [0.1, 0.15) is 21.5 Å². The number of hydrogen-bond acceptors (Lipinski definition) is 6. The first kappa shape index (κ1) is 16.3. The molecular formula is C16H13N3O3S2. The normalized spacial score (nSPS) is 10.6. The van der Waals surface area contributed by atoms with Crippen molar-refractivity contribution in [3.05, 3.63) is 61.8 Å². The van der Waals surface area contributed by atoms with E-state index in [-0.39, 0.29) is 11.6 Å². The summed E-state index contributed by atoms with van der Waals surface area (Å²) in [6.07, 6.45) is 0. The average Bonchev–Trinajstić information content (AvgIpc) is 3.18. The maximum atomic E-state index is 12.4. The Labute approximate surface area is 146 Å². The van der Waals surface area contributed by atoms with Gasteiger partial charge < -0.3 is 0 Å². The molecule has 0 atom stereocenters. The Morgan fingerprint density at radius 2 is 2.00 bits per heavy atom. The van der Waals surface area contributed by atoms with Crippen LogP contribution in [0.4, 0.5) is 10.8 Å². The Bertz CT molecular complexity index is 930. The zero-order valence-corrected chi connectivity index (χ0v) is 14.5. The second kappa shape index (κ2) is 6.50. The van der Waals surface area contributed by atoms with Gasteiger partial charge in [0.05, 0.1) is 20.9 Å². The molecule has 0 spiro atoms. The van der Waals surface area contributed by atoms with Crippen molar-refractivity contribution in [2.24, 2.45) is 0 Å². The van der Waals surface area contributed by atoms with Crippen LogP contribution in [0.5, 0.6) is 0 Å². The van der Waals surface area contributed by atoms with Gasteiger partial charge in [0.15, 0.2) is 5.13 Å². The molecular weight excluding hydrogens is 346 g/mol. The fraction of sp³-hybridized carbons (Fsp3) is 0.125. The molecule has 24 heavy (non-hydrogen) atoms. The largest absolute Gasteiger partial charge is 0.298 e. The van der Waals surface area contributed by atoms with Gasteiger partial charge in [-0.3, -0.25) is 20.2 Å². The first-order valence-corrected chi connectivity index (χ1v) is 8.77. The Hall–Kier alpha value is -2.58. The zero-order chi connectivity index (χ0) is 17.3. The van der Waals surface area contributed by atoms with Crippen molar-refractivity contribution >= 4 is 39.4 Å². The molecule has 1 N–H and O–H groups in total. The number of carbonyl (C=O) groups is 1. The third-order valence-corrected chi connectivity index (χ3v) is 5.11. The molecule has 1 amide bonds. The van der Waals surface area contributed by atoms with Crippen LogP contribution in [0.3, 0.4) is 0 Å². The van der Waals surface area contributed by atoms with Crippen LogP contribution in [-0.2, 0) is 0 Å². The lowest BCUT2D eigenvalue weighted by Crippen LogP contribution is -2.13. The summed E-state index contributed by atoms with van der Waals surface area (Å²) in [5.41, 5.74) is 3.18. The Morgan fingerprint density at radius 1 is 1.21 bits per heavy atom. The number of benzene rings is 1. The first-order valence-electron chi connectivity index (χ1n) is 7.01. The van der Waals surface area contributed by atoms with E-state index in [1.165, 1.54) is 34.1 Å². The van der Waals surface area contributed by atoms with Crippen molar-refractivity contribution in [1.29, 1.82) is 0 Å². The molecule has 122 valence electrons. The summed E-state index contributed by atoms with van der Waals surface area (Å²) < 4.78 is 0. The van der Waals surface area contributed by atoms with Crippen LogP contribution in [0.15, 0.2) is 35.0 Å². The molecule has 8 heteroatoms. The first-order chi connectivity index (χ1) is 11.4. The van der Waals surface area contributed by atoms with Crippen molar-refractivity contribution in [2.75, 3.05) is 5.32 Å². The molecule has 2 aromatic heterocycles. The molecule has 0 aliphatic rings. The highest BCUT2D eigenvalue weighted by Gasteiger charge is 2.15. The van der Waals surface area contributed by atoms with E-state index in [1.807, 2.05) is 32.0 Å². The van der Waals surface area contributed by atoms with Crippen molar-refractivity contribution in [3.8, 4) is 10.6 Å². The highest BCUT2D eigenvalue weighted by Crippen LogP contribution is 2.33. The molecule has 0 fully saturated rings. The van der Waals surface area contributed by atoms with E-state index in [1.54, 1.807) is 5.38 Å². The van der Waals surface area contributed by atoms with Gasteiger partial charge in [-0.05, 0) is 25.5 Å². The lowest BCUT2D eigenvalue weighted by molar-refractivity contribution is -0.384. The summed E-state index contributed by atoms with van der Waals surface area (Å²) in [5.74, 6) is -0.214. The van der Waals surface area contributed by atoms with E-state index in [0.29, 0.717) is 21.3 Å². The lowest BCUT2D eigenvalue weighted by atomic mass is 10.1. The van der Waals surface area contributed by atoms with Crippen LogP contribution in [0.2, 0.25) is 0 Å². The standard InChI is InChI=1S/C16H13N3O3S2/c1-9-3-4-10(2)12(5-9)15(20)18-16-17-13(8-24-16)14-6-11(7-23-14)19(21)22/h3-8H,1-2H3,(H,17,18,20). The van der Waals surface area contributed by atoms with Crippen LogP contribution in [-0.4, -0.2) is 15.8 Å². The van der Waals surface area contributed by atoms with Crippen LogP contribution in [0.25, 0.3) is 10.6 Å². The minimum atomic E-state index is -0.435. The van der Waals surface area contributed by atoms with E-state index in [9.17, 15) is 14.9 Å². The maximum absolute atomic E-state index is 12.4. The molecule has 0 unspecified atom stereocenters. The lowest BCUT2D eigenvalue weighted by Gasteiger charge is -2.06. The number of rotatable bonds is 4. The molecule has 0 radical (unpaired) electrons. The van der Waals surface area contributed by atoms with Gasteiger partial charge in [0, 0.05) is 17.0 Å². The summed E-state index contributed by atoms with van der Waals surface area (Å²) in [7, 11) is 0. The van der Waals surface area contributed by atoms with Crippen LogP contribution >= 0.6 is 22.7 Å². The van der Waals surface area contributed by atoms with Crippen molar-refractivity contribution in [1.82, 2.24) is 4.98 Å². The van der Waals surface area contributed by atoms with Crippen molar-refractivity contribution in [3.63, 3.8) is 0 Å². The van der Waals surface area contributed by atoms with Gasteiger partial charge in [0.1, 0.15) is 0 Å². The van der Waals surface area contributed by atoms with E-state index < -0.39 is 4.92 Å². The number of anilines is 1. The quantitative estimate of drug-likeness (QED) is 0.543. The number of hydrogen-bond donors (Lipinski definition) is 1. The molecule has 0 aliphatic heterocycles. The van der Waals surface area contributed by atoms with Gasteiger partial charge in [0.2, 0.25) is 0 Å². The predicted molar refractivity (Wildman–Crippen MR) is 96.0 cm³/mol.